The second-order valence-electron chi connectivity index (χ2n) is 9.04. The van der Waals surface area contributed by atoms with Gasteiger partial charge in [-0.25, -0.2) is 13.6 Å². The van der Waals surface area contributed by atoms with E-state index >= 15 is 0 Å². The molecule has 0 saturated carbocycles. The Morgan fingerprint density at radius 3 is 2.26 bits per heavy atom. The van der Waals surface area contributed by atoms with Crippen LogP contribution < -0.4 is 5.32 Å². The summed E-state index contributed by atoms with van der Waals surface area (Å²) in [4.78, 5) is 37.6. The van der Waals surface area contributed by atoms with Crippen LogP contribution in [0.3, 0.4) is 0 Å². The van der Waals surface area contributed by atoms with Crippen molar-refractivity contribution in [2.75, 3.05) is 19.7 Å². The SMILES string of the molecule is CCCCC(NC(=O)OCC1c2ccccc2-c2ccccc21)C(=O)N1CC(C(=O)O)C(F)(F)C1. The second-order valence-corrected chi connectivity index (χ2v) is 9.04. The van der Waals surface area contributed by atoms with E-state index in [-0.39, 0.29) is 18.9 Å². The van der Waals surface area contributed by atoms with E-state index in [4.69, 9.17) is 9.84 Å². The number of amides is 2. The number of nitrogens with one attached hydrogen (secondary N) is 1. The van der Waals surface area contributed by atoms with Gasteiger partial charge in [0.15, 0.2) is 0 Å². The summed E-state index contributed by atoms with van der Waals surface area (Å²) in [6, 6.07) is 14.7. The van der Waals surface area contributed by atoms with Gasteiger partial charge in [-0.1, -0.05) is 68.3 Å². The molecule has 0 bridgehead atoms. The summed E-state index contributed by atoms with van der Waals surface area (Å²) >= 11 is 0. The molecule has 0 spiro atoms. The van der Waals surface area contributed by atoms with Gasteiger partial charge >= 0.3 is 12.1 Å². The van der Waals surface area contributed by atoms with Gasteiger partial charge < -0.3 is 20.1 Å². The predicted octanol–water partition coefficient (Wildman–Crippen LogP) is 4.26. The number of aliphatic carboxylic acids is 1. The van der Waals surface area contributed by atoms with Crippen LogP contribution in [0.25, 0.3) is 11.1 Å². The van der Waals surface area contributed by atoms with Crippen LogP contribution in [0.2, 0.25) is 0 Å². The zero-order valence-electron chi connectivity index (χ0n) is 19.4. The predicted molar refractivity (Wildman–Crippen MR) is 124 cm³/mol. The summed E-state index contributed by atoms with van der Waals surface area (Å²) in [6.07, 6.45) is 0.720. The maximum Gasteiger partial charge on any atom is 0.407 e. The lowest BCUT2D eigenvalue weighted by molar-refractivity contribution is -0.151. The van der Waals surface area contributed by atoms with Gasteiger partial charge in [0.05, 0.1) is 6.54 Å². The first-order valence-electron chi connectivity index (χ1n) is 11.7. The zero-order chi connectivity index (χ0) is 25.2. The van der Waals surface area contributed by atoms with Crippen LogP contribution in [-0.4, -0.2) is 59.6 Å². The molecule has 35 heavy (non-hydrogen) atoms. The number of alkyl halides is 2. The molecule has 2 unspecified atom stereocenters. The lowest BCUT2D eigenvalue weighted by atomic mass is 9.98. The van der Waals surface area contributed by atoms with Gasteiger partial charge in [-0.15, -0.1) is 0 Å². The highest BCUT2D eigenvalue weighted by molar-refractivity contribution is 5.87. The van der Waals surface area contributed by atoms with Gasteiger partial charge in [0.2, 0.25) is 5.91 Å². The highest BCUT2D eigenvalue weighted by Gasteiger charge is 2.54. The molecule has 0 radical (unpaired) electrons. The average molecular weight is 487 g/mol. The lowest BCUT2D eigenvalue weighted by Gasteiger charge is -2.24. The number of unbranched alkanes of at least 4 members (excludes halogenated alkanes) is 1. The van der Waals surface area contributed by atoms with E-state index in [2.05, 4.69) is 5.32 Å². The zero-order valence-corrected chi connectivity index (χ0v) is 19.4. The molecule has 2 N–H and O–H groups in total. The summed E-state index contributed by atoms with van der Waals surface area (Å²) in [5.41, 5.74) is 4.24. The molecular weight excluding hydrogens is 458 g/mol. The van der Waals surface area contributed by atoms with Crippen molar-refractivity contribution in [3.05, 3.63) is 59.7 Å². The minimum atomic E-state index is -3.53. The van der Waals surface area contributed by atoms with Crippen molar-refractivity contribution in [3.63, 3.8) is 0 Å². The molecule has 2 aromatic rings. The molecular formula is C26H28F2N2O5. The molecule has 7 nitrogen and oxygen atoms in total. The van der Waals surface area contributed by atoms with Crippen molar-refractivity contribution in [1.82, 2.24) is 10.2 Å². The molecule has 9 heteroatoms. The van der Waals surface area contributed by atoms with Crippen LogP contribution in [0.15, 0.2) is 48.5 Å². The molecule has 2 atom stereocenters. The fourth-order valence-corrected chi connectivity index (χ4v) is 4.88. The minimum absolute atomic E-state index is 0.0530. The summed E-state index contributed by atoms with van der Waals surface area (Å²) in [6.45, 7) is 0.366. The number of carboxylic acids is 1. The second kappa shape index (κ2) is 10.0. The molecule has 186 valence electrons. The molecule has 4 rings (SSSR count). The number of hydrogen-bond donors (Lipinski definition) is 2. The van der Waals surface area contributed by atoms with E-state index < -0.39 is 48.9 Å². The Morgan fingerprint density at radius 1 is 1.11 bits per heavy atom. The maximum atomic E-state index is 14.1. The molecule has 2 aliphatic rings. The van der Waals surface area contributed by atoms with Crippen LogP contribution in [0.1, 0.15) is 43.2 Å². The summed E-state index contributed by atoms with van der Waals surface area (Å²) in [5, 5.41) is 11.6. The first-order chi connectivity index (χ1) is 16.7. The van der Waals surface area contributed by atoms with Crippen molar-refractivity contribution >= 4 is 18.0 Å². The van der Waals surface area contributed by atoms with Crippen molar-refractivity contribution in [2.45, 2.75) is 44.1 Å². The van der Waals surface area contributed by atoms with Gasteiger partial charge in [0.25, 0.3) is 5.92 Å². The third-order valence-corrected chi connectivity index (χ3v) is 6.70. The Morgan fingerprint density at radius 2 is 1.71 bits per heavy atom. The van der Waals surface area contributed by atoms with Crippen molar-refractivity contribution in [1.29, 1.82) is 0 Å². The largest absolute Gasteiger partial charge is 0.481 e. The van der Waals surface area contributed by atoms with Gasteiger partial charge in [0, 0.05) is 12.5 Å². The number of rotatable bonds is 8. The molecule has 1 fully saturated rings. The Labute approximate surface area is 202 Å². The Balaban J connectivity index is 1.42. The average Bonchev–Trinajstić information content (AvgIpc) is 3.34. The van der Waals surface area contributed by atoms with Gasteiger partial charge in [-0.3, -0.25) is 9.59 Å². The molecule has 1 heterocycles. The number of carbonyl (C=O) groups is 3. The number of ether oxygens (including phenoxy) is 1. The monoisotopic (exact) mass is 486 g/mol. The van der Waals surface area contributed by atoms with Crippen LogP contribution in [0, 0.1) is 5.92 Å². The Kier molecular flexibility index (Phi) is 7.05. The van der Waals surface area contributed by atoms with E-state index in [9.17, 15) is 23.2 Å². The number of fused-ring (bicyclic) bond motifs is 3. The lowest BCUT2D eigenvalue weighted by Crippen LogP contribution is -2.48. The number of carboxylic acid groups (broad SMARTS) is 1. The number of nitrogens with zero attached hydrogens (tertiary/aromatic N) is 1. The molecule has 2 amide bonds. The van der Waals surface area contributed by atoms with E-state index in [0.717, 1.165) is 33.6 Å². The van der Waals surface area contributed by atoms with E-state index in [0.29, 0.717) is 6.42 Å². The fraction of sp³-hybridized carbons (Fsp3) is 0.423. The van der Waals surface area contributed by atoms with Crippen LogP contribution in [-0.2, 0) is 14.3 Å². The molecule has 1 aliphatic carbocycles. The standard InChI is InChI=1S/C26H28F2N2O5/c1-2-3-12-22(23(31)30-13-21(24(32)33)26(27,28)15-30)29-25(34)35-14-20-18-10-6-4-8-16(18)17-9-5-7-11-19(17)20/h4-11,20-22H,2-3,12-15H2,1H3,(H,29,34)(H,32,33). The van der Waals surface area contributed by atoms with Gasteiger partial charge in [0.1, 0.15) is 18.6 Å². The van der Waals surface area contributed by atoms with Crippen molar-refractivity contribution in [3.8, 4) is 11.1 Å². The third kappa shape index (κ3) is 4.99. The Bertz CT molecular complexity index is 1080. The van der Waals surface area contributed by atoms with Gasteiger partial charge in [-0.05, 0) is 28.7 Å². The van der Waals surface area contributed by atoms with Crippen molar-refractivity contribution < 1.29 is 33.0 Å². The summed E-state index contributed by atoms with van der Waals surface area (Å²) < 4.78 is 33.7. The third-order valence-electron chi connectivity index (χ3n) is 6.70. The smallest absolute Gasteiger partial charge is 0.407 e. The van der Waals surface area contributed by atoms with Gasteiger partial charge in [-0.2, -0.15) is 0 Å². The quantitative estimate of drug-likeness (QED) is 0.581. The van der Waals surface area contributed by atoms with E-state index in [1.54, 1.807) is 0 Å². The highest BCUT2D eigenvalue weighted by Crippen LogP contribution is 2.44. The Hall–Kier alpha value is -3.49. The van der Waals surface area contributed by atoms with E-state index in [1.807, 2.05) is 55.5 Å². The summed E-state index contributed by atoms with van der Waals surface area (Å²) in [7, 11) is 0. The van der Waals surface area contributed by atoms with Crippen LogP contribution in [0.4, 0.5) is 13.6 Å². The highest BCUT2D eigenvalue weighted by atomic mass is 19.3. The molecule has 0 aromatic heterocycles. The number of alkyl carbamates (subject to hydrolysis) is 1. The number of likely N-dealkylation sites (tertiary alicyclic amines) is 1. The number of carbonyl (C=O) groups excluding carboxylic acids is 2. The maximum absolute atomic E-state index is 14.1. The fourth-order valence-electron chi connectivity index (χ4n) is 4.88. The van der Waals surface area contributed by atoms with E-state index in [1.165, 1.54) is 0 Å². The molecule has 2 aromatic carbocycles. The number of hydrogen-bond acceptors (Lipinski definition) is 4. The normalized spacial score (nSPS) is 19.1. The van der Waals surface area contributed by atoms with Crippen LogP contribution >= 0.6 is 0 Å². The molecule has 1 saturated heterocycles. The topological polar surface area (TPSA) is 95.9 Å². The van der Waals surface area contributed by atoms with Crippen molar-refractivity contribution in [2.24, 2.45) is 5.92 Å². The first kappa shape index (κ1) is 24.6. The number of halogens is 2. The minimum Gasteiger partial charge on any atom is -0.481 e. The van der Waals surface area contributed by atoms with Crippen LogP contribution in [0.5, 0.6) is 0 Å². The molecule has 1 aliphatic heterocycles. The number of benzene rings is 2. The summed E-state index contributed by atoms with van der Waals surface area (Å²) in [5.74, 6) is -8.03. The first-order valence-corrected chi connectivity index (χ1v) is 11.7.